The SMILES string of the molecule is CC(C)C[C@H](c1cc(Br)cc(Cl)c1O)N1CCNCC1. The second-order valence-electron chi connectivity index (χ2n) is 5.76. The number of hydrogen-bond donors (Lipinski definition) is 2. The van der Waals surface area contributed by atoms with Gasteiger partial charge >= 0.3 is 0 Å². The molecule has 1 saturated heterocycles. The van der Waals surface area contributed by atoms with Crippen LogP contribution < -0.4 is 5.32 Å². The summed E-state index contributed by atoms with van der Waals surface area (Å²) in [5.74, 6) is 0.783. The first-order valence-corrected chi connectivity index (χ1v) is 8.28. The fourth-order valence-corrected chi connectivity index (χ4v) is 3.59. The van der Waals surface area contributed by atoms with Gasteiger partial charge < -0.3 is 10.4 Å². The van der Waals surface area contributed by atoms with Crippen LogP contribution in [0.4, 0.5) is 0 Å². The van der Waals surface area contributed by atoms with Gasteiger partial charge in [-0.05, 0) is 24.5 Å². The van der Waals surface area contributed by atoms with Crippen molar-refractivity contribution in [1.29, 1.82) is 0 Å². The third kappa shape index (κ3) is 3.88. The van der Waals surface area contributed by atoms with Crippen molar-refractivity contribution in [2.45, 2.75) is 26.3 Å². The Morgan fingerprint density at radius 1 is 1.35 bits per heavy atom. The molecule has 0 bridgehead atoms. The average molecular weight is 362 g/mol. The number of aromatic hydroxyl groups is 1. The predicted octanol–water partition coefficient (Wildman–Crippen LogP) is 3.80. The van der Waals surface area contributed by atoms with Gasteiger partial charge in [0.05, 0.1) is 5.02 Å². The molecule has 0 amide bonds. The summed E-state index contributed by atoms with van der Waals surface area (Å²) >= 11 is 9.61. The normalized spacial score (nSPS) is 18.4. The Morgan fingerprint density at radius 3 is 2.60 bits per heavy atom. The zero-order valence-corrected chi connectivity index (χ0v) is 14.3. The molecule has 20 heavy (non-hydrogen) atoms. The lowest BCUT2D eigenvalue weighted by atomic mass is 9.94. The van der Waals surface area contributed by atoms with Crippen LogP contribution in [0.1, 0.15) is 31.9 Å². The molecule has 2 rings (SSSR count). The van der Waals surface area contributed by atoms with E-state index in [4.69, 9.17) is 11.6 Å². The van der Waals surface area contributed by atoms with Gasteiger partial charge in [0, 0.05) is 42.3 Å². The summed E-state index contributed by atoms with van der Waals surface area (Å²) < 4.78 is 0.916. The summed E-state index contributed by atoms with van der Waals surface area (Å²) in [6.07, 6.45) is 1.01. The predicted molar refractivity (Wildman–Crippen MR) is 87.5 cm³/mol. The Kier molecular flexibility index (Phi) is 5.73. The van der Waals surface area contributed by atoms with E-state index in [9.17, 15) is 5.11 Å². The van der Waals surface area contributed by atoms with Crippen LogP contribution in [-0.2, 0) is 0 Å². The summed E-state index contributed by atoms with van der Waals surface area (Å²) in [7, 11) is 0. The van der Waals surface area contributed by atoms with Gasteiger partial charge in [0.15, 0.2) is 0 Å². The van der Waals surface area contributed by atoms with E-state index < -0.39 is 0 Å². The van der Waals surface area contributed by atoms with Crippen LogP contribution in [0.2, 0.25) is 5.02 Å². The second kappa shape index (κ2) is 7.12. The van der Waals surface area contributed by atoms with Crippen molar-refractivity contribution >= 4 is 27.5 Å². The molecule has 5 heteroatoms. The number of rotatable bonds is 4. The van der Waals surface area contributed by atoms with Gasteiger partial charge in [-0.1, -0.05) is 41.4 Å². The molecule has 0 unspecified atom stereocenters. The van der Waals surface area contributed by atoms with Crippen LogP contribution in [0.5, 0.6) is 5.75 Å². The van der Waals surface area contributed by atoms with Crippen molar-refractivity contribution in [3.05, 3.63) is 27.2 Å². The van der Waals surface area contributed by atoms with Gasteiger partial charge in [-0.2, -0.15) is 0 Å². The van der Waals surface area contributed by atoms with Gasteiger partial charge in [0.25, 0.3) is 0 Å². The highest BCUT2D eigenvalue weighted by molar-refractivity contribution is 9.10. The molecule has 0 radical (unpaired) electrons. The maximum atomic E-state index is 10.3. The minimum Gasteiger partial charge on any atom is -0.506 e. The lowest BCUT2D eigenvalue weighted by molar-refractivity contribution is 0.151. The van der Waals surface area contributed by atoms with Crippen LogP contribution in [0.25, 0.3) is 0 Å². The van der Waals surface area contributed by atoms with Gasteiger partial charge in [0.1, 0.15) is 5.75 Å². The number of piperazine rings is 1. The number of benzene rings is 1. The zero-order chi connectivity index (χ0) is 14.7. The highest BCUT2D eigenvalue weighted by Crippen LogP contribution is 2.39. The Balaban J connectivity index is 2.34. The first kappa shape index (κ1) is 16.1. The Bertz CT molecular complexity index is 461. The van der Waals surface area contributed by atoms with E-state index in [0.29, 0.717) is 10.9 Å². The van der Waals surface area contributed by atoms with Crippen molar-refractivity contribution in [2.75, 3.05) is 26.2 Å². The Labute approximate surface area is 134 Å². The summed E-state index contributed by atoms with van der Waals surface area (Å²) in [5, 5.41) is 14.1. The van der Waals surface area contributed by atoms with E-state index >= 15 is 0 Å². The van der Waals surface area contributed by atoms with E-state index in [0.717, 1.165) is 42.6 Å². The molecule has 0 spiro atoms. The summed E-state index contributed by atoms with van der Waals surface area (Å²) in [5.41, 5.74) is 0.931. The van der Waals surface area contributed by atoms with E-state index in [-0.39, 0.29) is 11.8 Å². The summed E-state index contributed by atoms with van der Waals surface area (Å²) in [6.45, 7) is 8.42. The van der Waals surface area contributed by atoms with Crippen LogP contribution in [-0.4, -0.2) is 36.2 Å². The van der Waals surface area contributed by atoms with Crippen LogP contribution in [0.3, 0.4) is 0 Å². The lowest BCUT2D eigenvalue weighted by Gasteiger charge is -2.36. The molecule has 3 nitrogen and oxygen atoms in total. The number of phenolic OH excluding ortho intramolecular Hbond substituents is 1. The zero-order valence-electron chi connectivity index (χ0n) is 12.0. The van der Waals surface area contributed by atoms with Crippen LogP contribution in [0, 0.1) is 5.92 Å². The molecule has 0 aliphatic carbocycles. The monoisotopic (exact) mass is 360 g/mol. The quantitative estimate of drug-likeness (QED) is 0.856. The van der Waals surface area contributed by atoms with Gasteiger partial charge in [-0.15, -0.1) is 0 Å². The number of hydrogen-bond acceptors (Lipinski definition) is 3. The molecular formula is C15H22BrClN2O. The highest BCUT2D eigenvalue weighted by atomic mass is 79.9. The fourth-order valence-electron chi connectivity index (χ4n) is 2.75. The Morgan fingerprint density at radius 2 is 2.00 bits per heavy atom. The maximum absolute atomic E-state index is 10.3. The smallest absolute Gasteiger partial charge is 0.139 e. The van der Waals surface area contributed by atoms with E-state index in [2.05, 4.69) is 40.0 Å². The number of nitrogens with zero attached hydrogens (tertiary/aromatic N) is 1. The van der Waals surface area contributed by atoms with E-state index in [1.807, 2.05) is 6.07 Å². The number of nitrogens with one attached hydrogen (secondary N) is 1. The fraction of sp³-hybridized carbons (Fsp3) is 0.600. The van der Waals surface area contributed by atoms with E-state index in [1.54, 1.807) is 6.07 Å². The molecule has 1 heterocycles. The first-order valence-electron chi connectivity index (χ1n) is 7.11. The molecule has 0 saturated carbocycles. The Hall–Kier alpha value is -0.290. The minimum absolute atomic E-state index is 0.215. The van der Waals surface area contributed by atoms with Gasteiger partial charge in [-0.3, -0.25) is 4.90 Å². The minimum atomic E-state index is 0.215. The third-order valence-electron chi connectivity index (χ3n) is 3.70. The number of halogens is 2. The van der Waals surface area contributed by atoms with Crippen LogP contribution in [0.15, 0.2) is 16.6 Å². The summed E-state index contributed by atoms with van der Waals surface area (Å²) in [6, 6.07) is 3.95. The van der Waals surface area contributed by atoms with Crippen molar-refractivity contribution in [1.82, 2.24) is 10.2 Å². The molecular weight excluding hydrogens is 340 g/mol. The molecule has 1 aliphatic rings. The van der Waals surface area contributed by atoms with Crippen molar-refractivity contribution in [3.63, 3.8) is 0 Å². The van der Waals surface area contributed by atoms with Crippen molar-refractivity contribution in [2.24, 2.45) is 5.92 Å². The topological polar surface area (TPSA) is 35.5 Å². The molecule has 1 aliphatic heterocycles. The molecule has 2 N–H and O–H groups in total. The standard InChI is InChI=1S/C15H22BrClN2O/c1-10(2)7-14(19-5-3-18-4-6-19)12-8-11(16)9-13(17)15(12)20/h8-10,14,18,20H,3-7H2,1-2H3/t14-/m1/s1. The largest absolute Gasteiger partial charge is 0.506 e. The van der Waals surface area contributed by atoms with Crippen LogP contribution >= 0.6 is 27.5 Å². The van der Waals surface area contributed by atoms with Gasteiger partial charge in [-0.25, -0.2) is 0 Å². The summed E-state index contributed by atoms with van der Waals surface area (Å²) in [4.78, 5) is 2.44. The van der Waals surface area contributed by atoms with E-state index in [1.165, 1.54) is 0 Å². The average Bonchev–Trinajstić information content (AvgIpc) is 2.41. The molecule has 1 fully saturated rings. The maximum Gasteiger partial charge on any atom is 0.139 e. The van der Waals surface area contributed by atoms with Crippen molar-refractivity contribution in [3.8, 4) is 5.75 Å². The lowest BCUT2D eigenvalue weighted by Crippen LogP contribution is -2.45. The van der Waals surface area contributed by atoms with Crippen molar-refractivity contribution < 1.29 is 5.11 Å². The molecule has 1 aromatic rings. The molecule has 1 atom stereocenters. The third-order valence-corrected chi connectivity index (χ3v) is 4.45. The molecule has 1 aromatic carbocycles. The molecule has 112 valence electrons. The molecule has 0 aromatic heterocycles. The first-order chi connectivity index (χ1) is 9.49. The number of phenols is 1. The second-order valence-corrected chi connectivity index (χ2v) is 7.08. The van der Waals surface area contributed by atoms with Gasteiger partial charge in [0.2, 0.25) is 0 Å². The highest BCUT2D eigenvalue weighted by Gasteiger charge is 2.26.